The summed E-state index contributed by atoms with van der Waals surface area (Å²) in [6.07, 6.45) is 8.81. The molecule has 2 saturated carbocycles. The van der Waals surface area contributed by atoms with Crippen molar-refractivity contribution in [1.29, 1.82) is 0 Å². The molecule has 174 valence electrons. The van der Waals surface area contributed by atoms with Gasteiger partial charge in [0.05, 0.1) is 43.5 Å². The van der Waals surface area contributed by atoms with Gasteiger partial charge in [-0.3, -0.25) is 0 Å². The molecule has 0 bridgehead atoms. The lowest BCUT2D eigenvalue weighted by molar-refractivity contribution is -0.948. The maximum absolute atomic E-state index is 6.32. The number of piperidine rings is 2. The third-order valence-corrected chi connectivity index (χ3v) is 8.71. The molecule has 10 unspecified atom stereocenters. The maximum atomic E-state index is 6.32. The van der Waals surface area contributed by atoms with Crippen LogP contribution >= 0.6 is 0 Å². The highest BCUT2D eigenvalue weighted by atomic mass is 16.5. The number of fused-ring (bicyclic) bond motifs is 4. The molecular formula is C25H46NO4+. The van der Waals surface area contributed by atoms with Crippen LogP contribution in [0, 0.1) is 23.7 Å². The summed E-state index contributed by atoms with van der Waals surface area (Å²) in [6, 6.07) is 0.807. The summed E-state index contributed by atoms with van der Waals surface area (Å²) in [5.74, 6) is 3.10. The molecule has 30 heavy (non-hydrogen) atoms. The SMILES string of the molecule is CCOC1CC2CC[NH+]3CC4C(CCC(OCC)C4OCC)CC3C2CC1OCC. The number of rotatable bonds is 8. The summed E-state index contributed by atoms with van der Waals surface area (Å²) in [5, 5.41) is 0. The number of ether oxygens (including phenoxy) is 4. The summed E-state index contributed by atoms with van der Waals surface area (Å²) in [7, 11) is 0. The van der Waals surface area contributed by atoms with Crippen LogP contribution in [0.4, 0.5) is 0 Å². The van der Waals surface area contributed by atoms with Gasteiger partial charge in [-0.25, -0.2) is 0 Å². The first-order valence-electron chi connectivity index (χ1n) is 13.0. The highest BCUT2D eigenvalue weighted by molar-refractivity contribution is 4.98. The molecule has 0 aromatic rings. The second kappa shape index (κ2) is 10.6. The standard InChI is InChI=1S/C25H45NO4/c1-5-27-22-10-9-17-13-21-19-15-24(29-7-3)23(28-6-2)14-18(19)11-12-26(21)16-20(17)25(22)30-8-4/h17-25H,5-16H2,1-4H3/p+1. The molecule has 2 saturated heterocycles. The van der Waals surface area contributed by atoms with Crippen molar-refractivity contribution in [1.82, 2.24) is 0 Å². The van der Waals surface area contributed by atoms with Crippen molar-refractivity contribution < 1.29 is 23.8 Å². The van der Waals surface area contributed by atoms with E-state index in [0.717, 1.165) is 50.2 Å². The van der Waals surface area contributed by atoms with Gasteiger partial charge >= 0.3 is 0 Å². The van der Waals surface area contributed by atoms with Crippen LogP contribution in [-0.4, -0.2) is 70.0 Å². The zero-order chi connectivity index (χ0) is 21.1. The fraction of sp³-hybridized carbons (Fsp3) is 1.00. The van der Waals surface area contributed by atoms with Gasteiger partial charge in [-0.2, -0.15) is 0 Å². The van der Waals surface area contributed by atoms with Crippen LogP contribution in [0.5, 0.6) is 0 Å². The quantitative estimate of drug-likeness (QED) is 0.651. The normalized spacial score (nSPS) is 46.0. The van der Waals surface area contributed by atoms with Gasteiger partial charge in [0.15, 0.2) is 0 Å². The zero-order valence-electron chi connectivity index (χ0n) is 19.8. The molecule has 0 aromatic heterocycles. The van der Waals surface area contributed by atoms with E-state index in [-0.39, 0.29) is 6.10 Å². The van der Waals surface area contributed by atoms with E-state index in [0.29, 0.717) is 24.2 Å². The minimum absolute atomic E-state index is 0.290. The fourth-order valence-corrected chi connectivity index (χ4v) is 7.62. The molecule has 4 rings (SSSR count). The Balaban J connectivity index is 1.47. The summed E-state index contributed by atoms with van der Waals surface area (Å²) in [4.78, 5) is 1.85. The molecule has 0 spiro atoms. The molecule has 5 heteroatoms. The molecule has 2 aliphatic carbocycles. The van der Waals surface area contributed by atoms with Gasteiger partial charge in [-0.05, 0) is 71.6 Å². The molecule has 0 aromatic carbocycles. The second-order valence-electron chi connectivity index (χ2n) is 10.0. The van der Waals surface area contributed by atoms with E-state index in [9.17, 15) is 0 Å². The Morgan fingerprint density at radius 3 is 1.97 bits per heavy atom. The Hall–Kier alpha value is -0.200. The Morgan fingerprint density at radius 1 is 0.633 bits per heavy atom. The predicted molar refractivity (Wildman–Crippen MR) is 118 cm³/mol. The van der Waals surface area contributed by atoms with Crippen molar-refractivity contribution in [2.45, 2.75) is 96.7 Å². The van der Waals surface area contributed by atoms with Crippen LogP contribution in [0.25, 0.3) is 0 Å². The minimum Gasteiger partial charge on any atom is -0.376 e. The van der Waals surface area contributed by atoms with Crippen LogP contribution < -0.4 is 4.90 Å². The first-order valence-corrected chi connectivity index (χ1v) is 13.0. The predicted octanol–water partition coefficient (Wildman–Crippen LogP) is 2.72. The second-order valence-corrected chi connectivity index (χ2v) is 10.0. The van der Waals surface area contributed by atoms with Crippen LogP contribution in [0.1, 0.15) is 66.2 Å². The molecule has 10 atom stereocenters. The van der Waals surface area contributed by atoms with Gasteiger partial charge in [-0.1, -0.05) is 0 Å². The van der Waals surface area contributed by atoms with E-state index in [1.54, 1.807) is 0 Å². The van der Waals surface area contributed by atoms with E-state index in [1.165, 1.54) is 51.6 Å². The molecule has 0 radical (unpaired) electrons. The Morgan fingerprint density at radius 2 is 1.27 bits per heavy atom. The van der Waals surface area contributed by atoms with Gasteiger partial charge in [-0.15, -0.1) is 0 Å². The molecule has 4 fully saturated rings. The first-order chi connectivity index (χ1) is 14.7. The van der Waals surface area contributed by atoms with Gasteiger partial charge in [0.2, 0.25) is 0 Å². The maximum Gasteiger partial charge on any atom is 0.0920 e. The van der Waals surface area contributed by atoms with E-state index < -0.39 is 0 Å². The summed E-state index contributed by atoms with van der Waals surface area (Å²) < 4.78 is 24.8. The van der Waals surface area contributed by atoms with Crippen LogP contribution in [0.15, 0.2) is 0 Å². The van der Waals surface area contributed by atoms with E-state index >= 15 is 0 Å². The number of hydrogen-bond donors (Lipinski definition) is 1. The van der Waals surface area contributed by atoms with Crippen LogP contribution in [-0.2, 0) is 18.9 Å². The first kappa shape index (κ1) is 23.0. The molecule has 0 amide bonds. The average Bonchev–Trinajstić information content (AvgIpc) is 2.75. The molecule has 2 aliphatic heterocycles. The molecule has 2 heterocycles. The summed E-state index contributed by atoms with van der Waals surface area (Å²) in [6.45, 7) is 14.3. The smallest absolute Gasteiger partial charge is 0.0920 e. The number of hydrogen-bond acceptors (Lipinski definition) is 4. The number of nitrogens with one attached hydrogen (secondary N) is 1. The van der Waals surface area contributed by atoms with Crippen molar-refractivity contribution >= 4 is 0 Å². The third kappa shape index (κ3) is 4.61. The fourth-order valence-electron chi connectivity index (χ4n) is 7.62. The summed E-state index contributed by atoms with van der Waals surface area (Å²) >= 11 is 0. The Bertz CT molecular complexity index is 527. The topological polar surface area (TPSA) is 41.4 Å². The van der Waals surface area contributed by atoms with Gasteiger partial charge in [0, 0.05) is 44.7 Å². The van der Waals surface area contributed by atoms with Crippen LogP contribution in [0.2, 0.25) is 0 Å². The van der Waals surface area contributed by atoms with E-state index in [1.807, 2.05) is 4.90 Å². The van der Waals surface area contributed by atoms with Gasteiger partial charge < -0.3 is 23.8 Å². The average molecular weight is 425 g/mol. The lowest BCUT2D eigenvalue weighted by Crippen LogP contribution is -3.20. The molecule has 1 N–H and O–H groups in total. The monoisotopic (exact) mass is 424 g/mol. The van der Waals surface area contributed by atoms with Crippen molar-refractivity contribution in [3.63, 3.8) is 0 Å². The lowest BCUT2D eigenvalue weighted by Gasteiger charge is -2.55. The van der Waals surface area contributed by atoms with Crippen molar-refractivity contribution in [3.05, 3.63) is 0 Å². The minimum atomic E-state index is 0.290. The molecular weight excluding hydrogens is 378 g/mol. The Kier molecular flexibility index (Phi) is 8.13. The van der Waals surface area contributed by atoms with E-state index in [4.69, 9.17) is 18.9 Å². The Labute approximate surface area is 184 Å². The zero-order valence-corrected chi connectivity index (χ0v) is 19.8. The summed E-state index contributed by atoms with van der Waals surface area (Å²) in [5.41, 5.74) is 0. The third-order valence-electron chi connectivity index (χ3n) is 8.71. The number of quaternary nitrogens is 1. The van der Waals surface area contributed by atoms with Crippen molar-refractivity contribution in [2.24, 2.45) is 23.7 Å². The van der Waals surface area contributed by atoms with Crippen LogP contribution in [0.3, 0.4) is 0 Å². The molecule has 5 nitrogen and oxygen atoms in total. The lowest BCUT2D eigenvalue weighted by atomic mass is 9.62. The van der Waals surface area contributed by atoms with Crippen molar-refractivity contribution in [2.75, 3.05) is 39.5 Å². The largest absolute Gasteiger partial charge is 0.376 e. The van der Waals surface area contributed by atoms with Crippen molar-refractivity contribution in [3.8, 4) is 0 Å². The van der Waals surface area contributed by atoms with E-state index in [2.05, 4.69) is 27.7 Å². The highest BCUT2D eigenvalue weighted by Crippen LogP contribution is 2.44. The highest BCUT2D eigenvalue weighted by Gasteiger charge is 2.54. The van der Waals surface area contributed by atoms with Gasteiger partial charge in [0.1, 0.15) is 0 Å². The van der Waals surface area contributed by atoms with Gasteiger partial charge in [0.25, 0.3) is 0 Å². The molecule has 4 aliphatic rings.